The van der Waals surface area contributed by atoms with Crippen molar-refractivity contribution in [3.8, 4) is 0 Å². The zero-order valence-corrected chi connectivity index (χ0v) is 9.83. The third-order valence-corrected chi connectivity index (χ3v) is 3.45. The van der Waals surface area contributed by atoms with Crippen molar-refractivity contribution in [2.45, 2.75) is 50.6 Å². The number of carbonyl (C=O) groups excluding carboxylic acids is 1. The van der Waals surface area contributed by atoms with Gasteiger partial charge in [0.1, 0.15) is 0 Å². The highest BCUT2D eigenvalue weighted by Crippen LogP contribution is 2.28. The molecule has 0 radical (unpaired) electrons. The Morgan fingerprint density at radius 2 is 2.27 bits per heavy atom. The number of amides is 1. The second-order valence-electron chi connectivity index (χ2n) is 4.75. The minimum absolute atomic E-state index is 0.350. The van der Waals surface area contributed by atoms with Gasteiger partial charge in [0.15, 0.2) is 0 Å². The standard InChI is InChI=1S/C11H23N3O/c1-3-7-14(2)9-5-4-6-11(13,8-9)10(12)15/h9H,3-8,13H2,1-2H3,(H2,12,15). The molecule has 0 aliphatic heterocycles. The number of nitrogens with zero attached hydrogens (tertiary/aromatic N) is 1. The molecule has 4 nitrogen and oxygen atoms in total. The maximum Gasteiger partial charge on any atom is 0.237 e. The summed E-state index contributed by atoms with van der Waals surface area (Å²) in [5.74, 6) is -0.350. The monoisotopic (exact) mass is 213 g/mol. The highest BCUT2D eigenvalue weighted by atomic mass is 16.1. The summed E-state index contributed by atoms with van der Waals surface area (Å²) in [6, 6.07) is 0.413. The fraction of sp³-hybridized carbons (Fsp3) is 0.909. The van der Waals surface area contributed by atoms with E-state index in [1.54, 1.807) is 0 Å². The number of nitrogens with two attached hydrogens (primary N) is 2. The van der Waals surface area contributed by atoms with Crippen LogP contribution >= 0.6 is 0 Å². The highest BCUT2D eigenvalue weighted by molar-refractivity contribution is 5.84. The fourth-order valence-corrected chi connectivity index (χ4v) is 2.41. The Balaban J connectivity index is 2.59. The Kier molecular flexibility index (Phi) is 4.11. The van der Waals surface area contributed by atoms with E-state index in [0.29, 0.717) is 12.5 Å². The van der Waals surface area contributed by atoms with Crippen LogP contribution in [0.4, 0.5) is 0 Å². The summed E-state index contributed by atoms with van der Waals surface area (Å²) in [4.78, 5) is 13.6. The molecular formula is C11H23N3O. The minimum atomic E-state index is -0.773. The molecule has 0 aromatic rings. The lowest BCUT2D eigenvalue weighted by atomic mass is 9.78. The second kappa shape index (κ2) is 4.94. The lowest BCUT2D eigenvalue weighted by molar-refractivity contribution is -0.125. The molecule has 2 atom stereocenters. The van der Waals surface area contributed by atoms with Gasteiger partial charge in [-0.15, -0.1) is 0 Å². The lowest BCUT2D eigenvalue weighted by Crippen LogP contribution is -2.57. The Bertz CT molecular complexity index is 232. The van der Waals surface area contributed by atoms with Crippen LogP contribution in [-0.4, -0.2) is 36.0 Å². The fourth-order valence-electron chi connectivity index (χ4n) is 2.41. The molecule has 0 heterocycles. The van der Waals surface area contributed by atoms with E-state index >= 15 is 0 Å². The van der Waals surface area contributed by atoms with Crippen molar-refractivity contribution in [2.75, 3.05) is 13.6 Å². The number of rotatable bonds is 4. The predicted octanol–water partition coefficient (Wildman–Crippen LogP) is 0.454. The van der Waals surface area contributed by atoms with Crippen molar-refractivity contribution in [2.24, 2.45) is 11.5 Å². The maximum atomic E-state index is 11.3. The van der Waals surface area contributed by atoms with Crippen LogP contribution in [0.25, 0.3) is 0 Å². The average molecular weight is 213 g/mol. The average Bonchev–Trinajstić information content (AvgIpc) is 2.18. The largest absolute Gasteiger partial charge is 0.368 e. The molecule has 0 bridgehead atoms. The third-order valence-electron chi connectivity index (χ3n) is 3.45. The summed E-state index contributed by atoms with van der Waals surface area (Å²) < 4.78 is 0. The van der Waals surface area contributed by atoms with Gasteiger partial charge in [0.25, 0.3) is 0 Å². The Morgan fingerprint density at radius 3 is 2.80 bits per heavy atom. The Hall–Kier alpha value is -0.610. The summed E-state index contributed by atoms with van der Waals surface area (Å²) >= 11 is 0. The van der Waals surface area contributed by atoms with Crippen LogP contribution in [0.5, 0.6) is 0 Å². The molecule has 0 saturated heterocycles. The van der Waals surface area contributed by atoms with E-state index in [9.17, 15) is 4.79 Å². The first-order valence-electron chi connectivity index (χ1n) is 5.78. The highest BCUT2D eigenvalue weighted by Gasteiger charge is 2.38. The van der Waals surface area contributed by atoms with E-state index in [1.165, 1.54) is 0 Å². The Labute approximate surface area is 92.0 Å². The zero-order valence-electron chi connectivity index (χ0n) is 9.83. The van der Waals surface area contributed by atoms with E-state index < -0.39 is 5.54 Å². The van der Waals surface area contributed by atoms with Crippen molar-refractivity contribution >= 4 is 5.91 Å². The summed E-state index contributed by atoms with van der Waals surface area (Å²) in [5.41, 5.74) is 10.6. The van der Waals surface area contributed by atoms with Crippen molar-refractivity contribution < 1.29 is 4.79 Å². The van der Waals surface area contributed by atoms with E-state index in [1.807, 2.05) is 0 Å². The lowest BCUT2D eigenvalue weighted by Gasteiger charge is -2.39. The number of primary amides is 1. The van der Waals surface area contributed by atoms with Gasteiger partial charge < -0.3 is 16.4 Å². The molecule has 2 unspecified atom stereocenters. The summed E-state index contributed by atoms with van der Waals surface area (Å²) in [7, 11) is 2.10. The first kappa shape index (κ1) is 12.5. The maximum absolute atomic E-state index is 11.3. The van der Waals surface area contributed by atoms with Gasteiger partial charge in [-0.25, -0.2) is 0 Å². The van der Waals surface area contributed by atoms with Gasteiger partial charge in [-0.1, -0.05) is 6.92 Å². The SMILES string of the molecule is CCCN(C)C1CCCC(N)(C(N)=O)C1. The molecule has 0 spiro atoms. The van der Waals surface area contributed by atoms with Gasteiger partial charge in [-0.2, -0.15) is 0 Å². The van der Waals surface area contributed by atoms with Gasteiger partial charge in [0.2, 0.25) is 5.91 Å². The van der Waals surface area contributed by atoms with Crippen LogP contribution < -0.4 is 11.5 Å². The quantitative estimate of drug-likeness (QED) is 0.712. The van der Waals surface area contributed by atoms with Crippen molar-refractivity contribution in [3.05, 3.63) is 0 Å². The predicted molar refractivity (Wildman–Crippen MR) is 61.3 cm³/mol. The van der Waals surface area contributed by atoms with Crippen LogP contribution in [-0.2, 0) is 4.79 Å². The molecule has 1 aliphatic rings. The number of hydrogen-bond donors (Lipinski definition) is 2. The molecule has 15 heavy (non-hydrogen) atoms. The number of carbonyl (C=O) groups is 1. The van der Waals surface area contributed by atoms with E-state index in [0.717, 1.165) is 32.2 Å². The molecule has 1 aliphatic carbocycles. The second-order valence-corrected chi connectivity index (χ2v) is 4.75. The summed E-state index contributed by atoms with van der Waals surface area (Å²) in [6.07, 6.45) is 4.69. The number of hydrogen-bond acceptors (Lipinski definition) is 3. The molecular weight excluding hydrogens is 190 g/mol. The van der Waals surface area contributed by atoms with Crippen LogP contribution in [0.2, 0.25) is 0 Å². The van der Waals surface area contributed by atoms with Gasteiger partial charge in [-0.3, -0.25) is 4.79 Å². The molecule has 4 N–H and O–H groups in total. The van der Waals surface area contributed by atoms with Gasteiger partial charge in [0.05, 0.1) is 5.54 Å². The molecule has 88 valence electrons. The van der Waals surface area contributed by atoms with Crippen molar-refractivity contribution in [1.82, 2.24) is 4.90 Å². The molecule has 4 heteroatoms. The molecule has 0 aromatic carbocycles. The zero-order chi connectivity index (χ0) is 11.5. The van der Waals surface area contributed by atoms with Crippen LogP contribution in [0.1, 0.15) is 39.0 Å². The first-order chi connectivity index (χ1) is 6.99. The third kappa shape index (κ3) is 2.92. The van der Waals surface area contributed by atoms with E-state index in [4.69, 9.17) is 11.5 Å². The first-order valence-corrected chi connectivity index (χ1v) is 5.78. The van der Waals surface area contributed by atoms with Gasteiger partial charge in [-0.05, 0) is 45.7 Å². The summed E-state index contributed by atoms with van der Waals surface area (Å²) in [6.45, 7) is 3.21. The molecule has 0 aromatic heterocycles. The van der Waals surface area contributed by atoms with Crippen molar-refractivity contribution in [3.63, 3.8) is 0 Å². The normalized spacial score (nSPS) is 31.9. The molecule has 1 saturated carbocycles. The van der Waals surface area contributed by atoms with Crippen molar-refractivity contribution in [1.29, 1.82) is 0 Å². The van der Waals surface area contributed by atoms with E-state index in [2.05, 4.69) is 18.9 Å². The molecule has 1 amide bonds. The van der Waals surface area contributed by atoms with E-state index in [-0.39, 0.29) is 5.91 Å². The molecule has 1 fully saturated rings. The van der Waals surface area contributed by atoms with Gasteiger partial charge in [0, 0.05) is 6.04 Å². The van der Waals surface area contributed by atoms with Crippen LogP contribution in [0.15, 0.2) is 0 Å². The van der Waals surface area contributed by atoms with Crippen LogP contribution in [0.3, 0.4) is 0 Å². The topological polar surface area (TPSA) is 72.3 Å². The minimum Gasteiger partial charge on any atom is -0.368 e. The van der Waals surface area contributed by atoms with Gasteiger partial charge >= 0.3 is 0 Å². The van der Waals surface area contributed by atoms with Crippen LogP contribution in [0, 0.1) is 0 Å². The smallest absolute Gasteiger partial charge is 0.237 e. The summed E-state index contributed by atoms with van der Waals surface area (Å²) in [5, 5.41) is 0. The molecule has 1 rings (SSSR count). The Morgan fingerprint density at radius 1 is 1.60 bits per heavy atom.